The van der Waals surface area contributed by atoms with Gasteiger partial charge >= 0.3 is 12.0 Å². The molecule has 2 heterocycles. The molecule has 4 rings (SSSR count). The Morgan fingerprint density at radius 3 is 2.50 bits per heavy atom. The predicted octanol–water partition coefficient (Wildman–Crippen LogP) is 2.97. The second-order valence-electron chi connectivity index (χ2n) is 7.52. The van der Waals surface area contributed by atoms with Gasteiger partial charge in [0.05, 0.1) is 19.9 Å². The number of hydrogen-bond donors (Lipinski definition) is 2. The number of benzene rings is 2. The zero-order valence-corrected chi connectivity index (χ0v) is 18.6. The van der Waals surface area contributed by atoms with Crippen molar-refractivity contribution in [2.24, 2.45) is 0 Å². The van der Waals surface area contributed by atoms with Crippen LogP contribution in [0.1, 0.15) is 18.5 Å². The first-order chi connectivity index (χ1) is 16.3. The van der Waals surface area contributed by atoms with Crippen molar-refractivity contribution < 1.29 is 33.8 Å². The van der Waals surface area contributed by atoms with E-state index >= 15 is 0 Å². The molecule has 1 aliphatic heterocycles. The lowest BCUT2D eigenvalue weighted by atomic mass is 10.1. The summed E-state index contributed by atoms with van der Waals surface area (Å²) in [5, 5.41) is 12.3. The highest BCUT2D eigenvalue weighted by Gasteiger charge is 2.38. The normalized spacial score (nSPS) is 16.0. The van der Waals surface area contributed by atoms with Crippen LogP contribution in [0.5, 0.6) is 11.5 Å². The molecule has 2 aromatic carbocycles. The topological polar surface area (TPSA) is 127 Å². The summed E-state index contributed by atoms with van der Waals surface area (Å²) >= 11 is 0. The molecule has 0 saturated carbocycles. The van der Waals surface area contributed by atoms with Gasteiger partial charge in [-0.05, 0) is 31.2 Å². The number of carboxylic acid groups (broad SMARTS) is 1. The maximum atomic E-state index is 13.3. The molecule has 3 aromatic rings. The molecule has 0 spiro atoms. The molecule has 1 saturated heterocycles. The van der Waals surface area contributed by atoms with Gasteiger partial charge in [0.2, 0.25) is 0 Å². The van der Waals surface area contributed by atoms with Crippen LogP contribution in [-0.2, 0) is 14.4 Å². The molecule has 1 aromatic heterocycles. The number of methoxy groups -OCH3 is 2. The number of hydrogen-bond acceptors (Lipinski definition) is 6. The van der Waals surface area contributed by atoms with Gasteiger partial charge in [-0.25, -0.2) is 14.5 Å². The average Bonchev–Trinajstić information content (AvgIpc) is 3.19. The smallest absolute Gasteiger partial charge is 0.336 e. The fourth-order valence-electron chi connectivity index (χ4n) is 3.79. The van der Waals surface area contributed by atoms with Crippen molar-refractivity contribution >= 4 is 46.5 Å². The SMILES string of the molecule is COc1ccc(N2C(=O)NC(=O)/C(=C/c3cn([C@H](C)C(=O)O)c4ccccc34)C2=O)c(OC)c1. The number of carbonyl (C=O) groups is 4. The molecule has 1 fully saturated rings. The van der Waals surface area contributed by atoms with Gasteiger partial charge < -0.3 is 19.1 Å². The summed E-state index contributed by atoms with van der Waals surface area (Å²) in [7, 11) is 2.85. The standard InChI is InChI=1S/C24H21N3O7/c1-13(23(30)31)26-12-14(16-6-4-5-7-18(16)26)10-17-21(28)25-24(32)27(22(17)29)19-9-8-15(33-2)11-20(19)34-3/h4-13H,1-3H3,(H,30,31)(H,25,28,32)/b17-10-/t13-/m1/s1. The van der Waals surface area contributed by atoms with Crippen molar-refractivity contribution in [3.05, 3.63) is 59.8 Å². The monoisotopic (exact) mass is 463 g/mol. The number of imide groups is 2. The van der Waals surface area contributed by atoms with E-state index in [0.717, 1.165) is 4.90 Å². The number of amides is 4. The van der Waals surface area contributed by atoms with Crippen molar-refractivity contribution in [2.75, 3.05) is 19.1 Å². The highest BCUT2D eigenvalue weighted by molar-refractivity contribution is 6.39. The van der Waals surface area contributed by atoms with Crippen LogP contribution in [0.25, 0.3) is 17.0 Å². The molecule has 0 bridgehead atoms. The summed E-state index contributed by atoms with van der Waals surface area (Å²) in [6, 6.07) is 9.77. The summed E-state index contributed by atoms with van der Waals surface area (Å²) in [5.74, 6) is -2.09. The molecule has 1 atom stereocenters. The maximum Gasteiger partial charge on any atom is 0.336 e. The van der Waals surface area contributed by atoms with Crippen LogP contribution in [0.15, 0.2) is 54.2 Å². The van der Waals surface area contributed by atoms with E-state index in [1.54, 1.807) is 41.1 Å². The quantitative estimate of drug-likeness (QED) is 0.425. The van der Waals surface area contributed by atoms with Crippen LogP contribution in [0.4, 0.5) is 10.5 Å². The van der Waals surface area contributed by atoms with Crippen LogP contribution >= 0.6 is 0 Å². The zero-order valence-electron chi connectivity index (χ0n) is 18.6. The molecular weight excluding hydrogens is 442 g/mol. The second-order valence-corrected chi connectivity index (χ2v) is 7.52. The number of ether oxygens (including phenoxy) is 2. The number of barbiturate groups is 1. The van der Waals surface area contributed by atoms with E-state index in [9.17, 15) is 24.3 Å². The van der Waals surface area contributed by atoms with Crippen molar-refractivity contribution in [3.8, 4) is 11.5 Å². The lowest BCUT2D eigenvalue weighted by Crippen LogP contribution is -2.54. The Balaban J connectivity index is 1.83. The zero-order chi connectivity index (χ0) is 24.6. The molecule has 4 amide bonds. The Bertz CT molecular complexity index is 1370. The van der Waals surface area contributed by atoms with E-state index < -0.39 is 29.9 Å². The Labute approximate surface area is 194 Å². The van der Waals surface area contributed by atoms with Crippen LogP contribution in [0.3, 0.4) is 0 Å². The summed E-state index contributed by atoms with van der Waals surface area (Å²) in [6.07, 6.45) is 2.91. The third-order valence-electron chi connectivity index (χ3n) is 5.58. The van der Waals surface area contributed by atoms with Crippen LogP contribution in [0, 0.1) is 0 Å². The summed E-state index contributed by atoms with van der Waals surface area (Å²) in [4.78, 5) is 51.0. The first-order valence-electron chi connectivity index (χ1n) is 10.2. The fraction of sp³-hybridized carbons (Fsp3) is 0.167. The Hall–Kier alpha value is -4.60. The Kier molecular flexibility index (Phi) is 5.80. The van der Waals surface area contributed by atoms with E-state index in [-0.39, 0.29) is 17.0 Å². The summed E-state index contributed by atoms with van der Waals surface area (Å²) in [6.45, 7) is 1.53. The number of fused-ring (bicyclic) bond motifs is 1. The molecule has 34 heavy (non-hydrogen) atoms. The number of nitrogens with one attached hydrogen (secondary N) is 1. The van der Waals surface area contributed by atoms with Gasteiger partial charge in [-0.2, -0.15) is 0 Å². The number of rotatable bonds is 6. The average molecular weight is 463 g/mol. The Morgan fingerprint density at radius 1 is 1.09 bits per heavy atom. The molecule has 10 nitrogen and oxygen atoms in total. The number of aromatic nitrogens is 1. The van der Waals surface area contributed by atoms with Crippen molar-refractivity contribution in [2.45, 2.75) is 13.0 Å². The van der Waals surface area contributed by atoms with E-state index in [0.29, 0.717) is 22.2 Å². The highest BCUT2D eigenvalue weighted by atomic mass is 16.5. The minimum Gasteiger partial charge on any atom is -0.497 e. The van der Waals surface area contributed by atoms with Crippen LogP contribution in [-0.4, -0.2) is 47.7 Å². The number of urea groups is 1. The van der Waals surface area contributed by atoms with E-state index in [1.807, 2.05) is 0 Å². The largest absolute Gasteiger partial charge is 0.497 e. The van der Waals surface area contributed by atoms with Gasteiger partial charge in [0, 0.05) is 28.7 Å². The lowest BCUT2D eigenvalue weighted by Gasteiger charge is -2.27. The number of carbonyl (C=O) groups excluding carboxylic acids is 3. The number of nitrogens with zero attached hydrogens (tertiary/aromatic N) is 2. The van der Waals surface area contributed by atoms with Gasteiger partial charge in [0.1, 0.15) is 23.1 Å². The molecule has 2 N–H and O–H groups in total. The van der Waals surface area contributed by atoms with Crippen molar-refractivity contribution in [1.82, 2.24) is 9.88 Å². The highest BCUT2D eigenvalue weighted by Crippen LogP contribution is 2.35. The minimum absolute atomic E-state index is 0.131. The minimum atomic E-state index is -1.03. The first kappa shape index (κ1) is 22.6. The van der Waals surface area contributed by atoms with Gasteiger partial charge in [-0.15, -0.1) is 0 Å². The lowest BCUT2D eigenvalue weighted by molar-refractivity contribution is -0.140. The van der Waals surface area contributed by atoms with Crippen LogP contribution in [0.2, 0.25) is 0 Å². The molecular formula is C24H21N3O7. The number of anilines is 1. The van der Waals surface area contributed by atoms with Gasteiger partial charge in [-0.1, -0.05) is 18.2 Å². The van der Waals surface area contributed by atoms with Gasteiger partial charge in [-0.3, -0.25) is 14.9 Å². The maximum absolute atomic E-state index is 13.3. The molecule has 0 aliphatic carbocycles. The third kappa shape index (κ3) is 3.75. The van der Waals surface area contributed by atoms with E-state index in [1.165, 1.54) is 39.4 Å². The summed E-state index contributed by atoms with van der Waals surface area (Å²) in [5.41, 5.74) is 0.922. The van der Waals surface area contributed by atoms with Crippen molar-refractivity contribution in [1.29, 1.82) is 0 Å². The van der Waals surface area contributed by atoms with Gasteiger partial charge in [0.15, 0.2) is 0 Å². The number of aliphatic carboxylic acids is 1. The molecule has 0 unspecified atom stereocenters. The van der Waals surface area contributed by atoms with E-state index in [2.05, 4.69) is 5.32 Å². The molecule has 1 aliphatic rings. The van der Waals surface area contributed by atoms with Crippen LogP contribution < -0.4 is 19.7 Å². The summed E-state index contributed by atoms with van der Waals surface area (Å²) < 4.78 is 12.0. The predicted molar refractivity (Wildman–Crippen MR) is 123 cm³/mol. The second kappa shape index (κ2) is 8.74. The fourth-order valence-corrected chi connectivity index (χ4v) is 3.79. The molecule has 174 valence electrons. The molecule has 0 radical (unpaired) electrons. The number of para-hydroxylation sites is 1. The number of carboxylic acids is 1. The third-order valence-corrected chi connectivity index (χ3v) is 5.58. The van der Waals surface area contributed by atoms with Gasteiger partial charge in [0.25, 0.3) is 11.8 Å². The van der Waals surface area contributed by atoms with Crippen molar-refractivity contribution in [3.63, 3.8) is 0 Å². The first-order valence-corrected chi connectivity index (χ1v) is 10.2. The molecule has 10 heteroatoms. The van der Waals surface area contributed by atoms with E-state index in [4.69, 9.17) is 9.47 Å². The Morgan fingerprint density at radius 2 is 1.82 bits per heavy atom.